The van der Waals surface area contributed by atoms with Crippen LogP contribution >= 0.6 is 15.9 Å². The fourth-order valence-corrected chi connectivity index (χ4v) is 1.91. The van der Waals surface area contributed by atoms with Gasteiger partial charge in [-0.15, -0.1) is 0 Å². The summed E-state index contributed by atoms with van der Waals surface area (Å²) in [5.41, 5.74) is 0.491. The van der Waals surface area contributed by atoms with E-state index in [0.29, 0.717) is 24.4 Å². The van der Waals surface area contributed by atoms with E-state index in [2.05, 4.69) is 22.6 Å². The van der Waals surface area contributed by atoms with Crippen LogP contribution in [0.5, 0.6) is 5.75 Å². The Morgan fingerprint density at radius 3 is 2.65 bits per heavy atom. The molecule has 0 fully saturated rings. The van der Waals surface area contributed by atoms with Crippen molar-refractivity contribution in [1.82, 2.24) is 4.90 Å². The molecule has 0 atom stereocenters. The van der Waals surface area contributed by atoms with Crippen LogP contribution in [0.4, 0.5) is 0 Å². The Kier molecular flexibility index (Phi) is 5.88. The average molecular weight is 342 g/mol. The highest BCUT2D eigenvalue weighted by molar-refractivity contribution is 9.10. The van der Waals surface area contributed by atoms with Gasteiger partial charge in [-0.25, -0.2) is 4.79 Å². The van der Waals surface area contributed by atoms with Crippen molar-refractivity contribution >= 4 is 34.5 Å². The second-order valence-corrected chi connectivity index (χ2v) is 5.21. The third-order valence-electron chi connectivity index (χ3n) is 2.93. The summed E-state index contributed by atoms with van der Waals surface area (Å²) in [6.45, 7) is 6.01. The van der Waals surface area contributed by atoms with E-state index < -0.39 is 0 Å². The second kappa shape index (κ2) is 7.19. The molecule has 108 valence electrons. The van der Waals surface area contributed by atoms with E-state index >= 15 is 0 Å². The Balaban J connectivity index is 2.74. The third kappa shape index (κ3) is 4.16. The van der Waals surface area contributed by atoms with Crippen molar-refractivity contribution in [3.8, 4) is 5.75 Å². The predicted octanol–water partition coefficient (Wildman–Crippen LogP) is 1.79. The molecule has 1 aromatic rings. The van der Waals surface area contributed by atoms with Gasteiger partial charge in [0.05, 0.1) is 23.7 Å². The first-order valence-electron chi connectivity index (χ1n) is 6.04. The maximum atomic E-state index is 12.2. The summed E-state index contributed by atoms with van der Waals surface area (Å²) in [4.78, 5) is 24.8. The van der Waals surface area contributed by atoms with Crippen LogP contribution in [0.15, 0.2) is 22.7 Å². The molecule has 0 heterocycles. The molecule has 6 heteroatoms. The topological polar surface area (TPSA) is 49.6 Å². The van der Waals surface area contributed by atoms with E-state index in [1.165, 1.54) is 23.5 Å². The number of carbonyl (C=O) groups is 2. The average Bonchev–Trinajstić information content (AvgIpc) is 2.43. The molecule has 20 heavy (non-hydrogen) atoms. The molecule has 0 aromatic heterocycles. The van der Waals surface area contributed by atoms with Crippen LogP contribution in [-0.4, -0.2) is 55.3 Å². The molecule has 0 unspecified atom stereocenters. The van der Waals surface area contributed by atoms with Crippen LogP contribution in [0.3, 0.4) is 0 Å². The lowest BCUT2D eigenvalue weighted by molar-refractivity contribution is -0.419. The Morgan fingerprint density at radius 1 is 1.45 bits per heavy atom. The third-order valence-corrected chi connectivity index (χ3v) is 3.58. The molecular weight excluding hydrogens is 324 g/mol. The number of hydrogen-bond donors (Lipinski definition) is 0. The number of carbonyl (C=O) groups excluding carboxylic acids is 2. The van der Waals surface area contributed by atoms with Gasteiger partial charge in [-0.05, 0) is 34.1 Å². The van der Waals surface area contributed by atoms with Gasteiger partial charge in [-0.1, -0.05) is 0 Å². The molecule has 1 rings (SSSR count). The van der Waals surface area contributed by atoms with E-state index in [-0.39, 0.29) is 11.8 Å². The Hall–Kier alpha value is -1.69. The summed E-state index contributed by atoms with van der Waals surface area (Å²) in [6.07, 6.45) is 0. The van der Waals surface area contributed by atoms with Crippen LogP contribution in [0.2, 0.25) is 0 Å². The highest BCUT2D eigenvalue weighted by Gasteiger charge is 2.20. The number of ether oxygens (including phenoxy) is 1. The number of methoxy groups -OCH3 is 1. The monoisotopic (exact) mass is 341 g/mol. The first-order valence-corrected chi connectivity index (χ1v) is 6.83. The van der Waals surface area contributed by atoms with Crippen molar-refractivity contribution in [2.75, 3.05) is 27.2 Å². The van der Waals surface area contributed by atoms with Gasteiger partial charge in [0, 0.05) is 14.0 Å². The zero-order valence-electron chi connectivity index (χ0n) is 11.9. The molecule has 0 N–H and O–H groups in total. The predicted molar refractivity (Wildman–Crippen MR) is 80.6 cm³/mol. The Bertz CT molecular complexity index is 543. The normalized spacial score (nSPS) is 10.0. The van der Waals surface area contributed by atoms with Gasteiger partial charge in [0.25, 0.3) is 0 Å². The largest absolute Gasteiger partial charge is 0.496 e. The molecule has 0 saturated carbocycles. The van der Waals surface area contributed by atoms with Crippen molar-refractivity contribution in [2.45, 2.75) is 6.92 Å². The number of amides is 2. The Labute approximate surface area is 127 Å². The number of hydrogen-bond acceptors (Lipinski definition) is 3. The fraction of sp³-hybridized carbons (Fsp3) is 0.357. The first-order chi connectivity index (χ1) is 9.36. The van der Waals surface area contributed by atoms with Crippen LogP contribution in [-0.2, 0) is 4.79 Å². The zero-order chi connectivity index (χ0) is 15.3. The van der Waals surface area contributed by atoms with Crippen molar-refractivity contribution in [1.29, 1.82) is 0 Å². The van der Waals surface area contributed by atoms with Gasteiger partial charge in [-0.2, -0.15) is 4.58 Å². The lowest BCUT2D eigenvalue weighted by atomic mass is 10.2. The van der Waals surface area contributed by atoms with E-state index in [4.69, 9.17) is 4.74 Å². The fourth-order valence-electron chi connectivity index (χ4n) is 1.51. The van der Waals surface area contributed by atoms with Gasteiger partial charge in [0.1, 0.15) is 12.5 Å². The smallest absolute Gasteiger partial charge is 0.419 e. The molecule has 0 spiro atoms. The van der Waals surface area contributed by atoms with Crippen molar-refractivity contribution in [3.63, 3.8) is 0 Å². The first kappa shape index (κ1) is 16.4. The lowest BCUT2D eigenvalue weighted by Crippen LogP contribution is -2.32. The molecule has 0 bridgehead atoms. The maximum absolute atomic E-state index is 12.2. The van der Waals surface area contributed by atoms with Gasteiger partial charge in [0.15, 0.2) is 6.54 Å². The standard InChI is InChI=1S/C14H18BrN2O3/c1-10(18)16(2)7-8-17(3)14(19)11-5-6-12(15)13(9-11)20-4/h5-6,9H,3,7-8H2,1-2,4H3/q+1. The van der Waals surface area contributed by atoms with Gasteiger partial charge in [-0.3, -0.25) is 4.79 Å². The minimum absolute atomic E-state index is 0.0452. The molecule has 5 nitrogen and oxygen atoms in total. The van der Waals surface area contributed by atoms with E-state index in [1.54, 1.807) is 25.2 Å². The maximum Gasteiger partial charge on any atom is 0.419 e. The van der Waals surface area contributed by atoms with Crippen LogP contribution in [0.1, 0.15) is 17.3 Å². The van der Waals surface area contributed by atoms with Gasteiger partial charge in [0.2, 0.25) is 5.91 Å². The SMILES string of the molecule is C=[N+](CCN(C)C(C)=O)C(=O)c1ccc(Br)c(OC)c1. The van der Waals surface area contributed by atoms with E-state index in [1.807, 2.05) is 0 Å². The quantitative estimate of drug-likeness (QED) is 0.606. The van der Waals surface area contributed by atoms with Crippen LogP contribution in [0.25, 0.3) is 0 Å². The minimum atomic E-state index is -0.215. The Morgan fingerprint density at radius 2 is 2.10 bits per heavy atom. The summed E-state index contributed by atoms with van der Waals surface area (Å²) in [5, 5.41) is 0. The van der Waals surface area contributed by atoms with Gasteiger partial charge >= 0.3 is 5.91 Å². The molecule has 2 amide bonds. The minimum Gasteiger partial charge on any atom is -0.496 e. The van der Waals surface area contributed by atoms with Gasteiger partial charge < -0.3 is 9.64 Å². The molecule has 0 aliphatic heterocycles. The van der Waals surface area contributed by atoms with E-state index in [0.717, 1.165) is 4.47 Å². The lowest BCUT2D eigenvalue weighted by Gasteiger charge is -2.12. The molecular formula is C14H18BrN2O3+. The zero-order valence-corrected chi connectivity index (χ0v) is 13.4. The molecule has 0 radical (unpaired) electrons. The molecule has 0 aliphatic carbocycles. The molecule has 0 saturated heterocycles. The summed E-state index contributed by atoms with van der Waals surface area (Å²) >= 11 is 3.33. The van der Waals surface area contributed by atoms with Crippen molar-refractivity contribution in [2.24, 2.45) is 0 Å². The number of rotatable bonds is 5. The van der Waals surface area contributed by atoms with E-state index in [9.17, 15) is 9.59 Å². The van der Waals surface area contributed by atoms with Crippen LogP contribution < -0.4 is 4.74 Å². The highest BCUT2D eigenvalue weighted by Crippen LogP contribution is 2.25. The number of likely N-dealkylation sites (N-methyl/N-ethyl adjacent to an activating group) is 1. The van der Waals surface area contributed by atoms with Crippen molar-refractivity contribution in [3.05, 3.63) is 28.2 Å². The number of nitrogens with zero attached hydrogens (tertiary/aromatic N) is 2. The molecule has 0 aliphatic rings. The summed E-state index contributed by atoms with van der Waals surface area (Å²) < 4.78 is 7.27. The summed E-state index contributed by atoms with van der Waals surface area (Å²) in [6, 6.07) is 5.10. The molecule has 1 aromatic carbocycles. The summed E-state index contributed by atoms with van der Waals surface area (Å²) in [5.74, 6) is 0.328. The number of halogens is 1. The number of benzene rings is 1. The highest BCUT2D eigenvalue weighted by atomic mass is 79.9. The second-order valence-electron chi connectivity index (χ2n) is 4.36. The van der Waals surface area contributed by atoms with Crippen LogP contribution in [0, 0.1) is 0 Å². The van der Waals surface area contributed by atoms with Crippen molar-refractivity contribution < 1.29 is 18.9 Å². The summed E-state index contributed by atoms with van der Waals surface area (Å²) in [7, 11) is 3.22.